The van der Waals surface area contributed by atoms with Gasteiger partial charge in [-0.15, -0.1) is 0 Å². The fourth-order valence-corrected chi connectivity index (χ4v) is 2.92. The van der Waals surface area contributed by atoms with E-state index >= 15 is 0 Å². The molecule has 106 valence electrons. The number of benzene rings is 1. The van der Waals surface area contributed by atoms with Crippen molar-refractivity contribution in [3.05, 3.63) is 61.3 Å². The van der Waals surface area contributed by atoms with Gasteiger partial charge in [-0.1, -0.05) is 17.7 Å². The van der Waals surface area contributed by atoms with Crippen LogP contribution in [0.15, 0.2) is 35.0 Å². The summed E-state index contributed by atoms with van der Waals surface area (Å²) >= 11 is 7.72. The smallest absolute Gasteiger partial charge is 0.275 e. The summed E-state index contributed by atoms with van der Waals surface area (Å²) in [5.74, 6) is 0. The molecule has 0 aliphatic rings. The largest absolute Gasteiger partial charge is 0.310 e. The molecule has 1 aromatic carbocycles. The third-order valence-electron chi connectivity index (χ3n) is 3.04. The highest BCUT2D eigenvalue weighted by molar-refractivity contribution is 7.07. The van der Waals surface area contributed by atoms with Crippen LogP contribution in [0.2, 0.25) is 5.02 Å². The van der Waals surface area contributed by atoms with E-state index in [2.05, 4.69) is 23.7 Å². The molecule has 0 fully saturated rings. The van der Waals surface area contributed by atoms with Crippen molar-refractivity contribution in [3.63, 3.8) is 0 Å². The summed E-state index contributed by atoms with van der Waals surface area (Å²) in [4.78, 5) is 10.6. The molecule has 2 aromatic rings. The van der Waals surface area contributed by atoms with Crippen molar-refractivity contribution in [3.8, 4) is 0 Å². The minimum Gasteiger partial charge on any atom is -0.310 e. The molecule has 0 amide bonds. The quantitative estimate of drug-likeness (QED) is 0.647. The van der Waals surface area contributed by atoms with Gasteiger partial charge in [-0.05, 0) is 41.8 Å². The van der Waals surface area contributed by atoms with Crippen LogP contribution in [0.5, 0.6) is 0 Å². The van der Waals surface area contributed by atoms with Crippen LogP contribution < -0.4 is 5.32 Å². The number of nitro benzene ring substituents is 1. The first-order valence-corrected chi connectivity index (χ1v) is 7.56. The minimum atomic E-state index is -0.396. The lowest BCUT2D eigenvalue weighted by atomic mass is 10.1. The van der Waals surface area contributed by atoms with Crippen LogP contribution in [-0.2, 0) is 13.0 Å². The molecule has 6 heteroatoms. The molecule has 1 N–H and O–H groups in total. The van der Waals surface area contributed by atoms with Crippen molar-refractivity contribution in [2.24, 2.45) is 0 Å². The predicted molar refractivity (Wildman–Crippen MR) is 82.4 cm³/mol. The lowest BCUT2D eigenvalue weighted by Crippen LogP contribution is -2.27. The molecular weight excluding hydrogens is 296 g/mol. The molecular formula is C14H15ClN2O2S. The zero-order valence-electron chi connectivity index (χ0n) is 11.0. The van der Waals surface area contributed by atoms with Crippen molar-refractivity contribution >= 4 is 28.6 Å². The Morgan fingerprint density at radius 1 is 1.45 bits per heavy atom. The topological polar surface area (TPSA) is 55.2 Å². The van der Waals surface area contributed by atoms with Crippen molar-refractivity contribution in [2.45, 2.75) is 25.9 Å². The highest BCUT2D eigenvalue weighted by atomic mass is 35.5. The molecule has 0 aliphatic carbocycles. The van der Waals surface area contributed by atoms with Crippen molar-refractivity contribution in [1.29, 1.82) is 0 Å². The molecule has 0 bridgehead atoms. The number of nitrogens with zero attached hydrogens (tertiary/aromatic N) is 1. The van der Waals surface area contributed by atoms with Crippen LogP contribution in [0.1, 0.15) is 18.1 Å². The van der Waals surface area contributed by atoms with Crippen molar-refractivity contribution < 1.29 is 4.92 Å². The van der Waals surface area contributed by atoms with Gasteiger partial charge in [0.25, 0.3) is 5.69 Å². The molecule has 0 saturated carbocycles. The molecule has 4 nitrogen and oxygen atoms in total. The summed E-state index contributed by atoms with van der Waals surface area (Å²) in [7, 11) is 0. The number of halogens is 1. The highest BCUT2D eigenvalue weighted by Gasteiger charge is 2.16. The lowest BCUT2D eigenvalue weighted by Gasteiger charge is -2.14. The third-order valence-corrected chi connectivity index (χ3v) is 4.13. The molecule has 1 heterocycles. The summed E-state index contributed by atoms with van der Waals surface area (Å²) in [6.07, 6.45) is 0.891. The second-order valence-corrected chi connectivity index (χ2v) is 5.80. The Balaban J connectivity index is 2.01. The molecule has 0 saturated heterocycles. The number of thiophene rings is 1. The molecule has 1 aromatic heterocycles. The van der Waals surface area contributed by atoms with E-state index in [1.54, 1.807) is 23.5 Å². The lowest BCUT2D eigenvalue weighted by molar-refractivity contribution is -0.385. The van der Waals surface area contributed by atoms with Gasteiger partial charge in [-0.3, -0.25) is 10.1 Å². The number of hydrogen-bond acceptors (Lipinski definition) is 4. The van der Waals surface area contributed by atoms with E-state index in [9.17, 15) is 10.1 Å². The van der Waals surface area contributed by atoms with Crippen LogP contribution in [0.4, 0.5) is 5.69 Å². The second-order valence-electron chi connectivity index (χ2n) is 4.61. The first-order valence-electron chi connectivity index (χ1n) is 6.24. The summed E-state index contributed by atoms with van der Waals surface area (Å²) in [6.45, 7) is 2.45. The number of nitrogens with one attached hydrogen (secondary N) is 1. The first kappa shape index (κ1) is 15.0. The van der Waals surface area contributed by atoms with E-state index in [0.717, 1.165) is 6.42 Å². The number of rotatable bonds is 6. The minimum absolute atomic E-state index is 0.0627. The Morgan fingerprint density at radius 2 is 2.25 bits per heavy atom. The van der Waals surface area contributed by atoms with Gasteiger partial charge >= 0.3 is 0 Å². The molecule has 0 aliphatic heterocycles. The Morgan fingerprint density at radius 3 is 2.90 bits per heavy atom. The van der Waals surface area contributed by atoms with Crippen molar-refractivity contribution in [1.82, 2.24) is 5.32 Å². The molecule has 20 heavy (non-hydrogen) atoms. The molecule has 0 spiro atoms. The van der Waals surface area contributed by atoms with E-state index < -0.39 is 4.92 Å². The van der Waals surface area contributed by atoms with E-state index in [4.69, 9.17) is 11.6 Å². The molecule has 2 rings (SSSR count). The number of nitro groups is 1. The van der Waals surface area contributed by atoms with E-state index in [0.29, 0.717) is 17.1 Å². The SMILES string of the molecule is CC(Cc1ccsc1)NCc1c(Cl)cccc1[N+](=O)[O-]. The van der Waals surface area contributed by atoms with Gasteiger partial charge in [0.2, 0.25) is 0 Å². The Hall–Kier alpha value is -1.43. The summed E-state index contributed by atoms with van der Waals surface area (Å²) < 4.78 is 0. The van der Waals surface area contributed by atoms with Gasteiger partial charge in [0, 0.05) is 18.7 Å². The maximum Gasteiger partial charge on any atom is 0.275 e. The van der Waals surface area contributed by atoms with Crippen LogP contribution in [0.25, 0.3) is 0 Å². The average molecular weight is 311 g/mol. The second kappa shape index (κ2) is 6.83. The summed E-state index contributed by atoms with van der Waals surface area (Å²) in [5.41, 5.74) is 1.87. The van der Waals surface area contributed by atoms with Crippen molar-refractivity contribution in [2.75, 3.05) is 0 Å². The Labute approximate surface area is 126 Å². The molecule has 1 atom stereocenters. The average Bonchev–Trinajstić information content (AvgIpc) is 2.89. The number of hydrogen-bond donors (Lipinski definition) is 1. The summed E-state index contributed by atoms with van der Waals surface area (Å²) in [6, 6.07) is 7.06. The fraction of sp³-hybridized carbons (Fsp3) is 0.286. The molecule has 0 radical (unpaired) electrons. The maximum atomic E-state index is 11.0. The van der Waals surface area contributed by atoms with Gasteiger partial charge in [0.1, 0.15) is 0 Å². The normalized spacial score (nSPS) is 12.3. The van der Waals surface area contributed by atoms with Crippen LogP contribution >= 0.6 is 22.9 Å². The van der Waals surface area contributed by atoms with Gasteiger partial charge in [-0.2, -0.15) is 11.3 Å². The van der Waals surface area contributed by atoms with Crippen LogP contribution in [-0.4, -0.2) is 11.0 Å². The first-order chi connectivity index (χ1) is 9.58. The summed E-state index contributed by atoms with van der Waals surface area (Å²) in [5, 5.41) is 18.9. The van der Waals surface area contributed by atoms with Gasteiger partial charge in [-0.25, -0.2) is 0 Å². The Kier molecular flexibility index (Phi) is 5.11. The monoisotopic (exact) mass is 310 g/mol. The standard InChI is InChI=1S/C14H15ClN2O2S/c1-10(7-11-5-6-20-9-11)16-8-12-13(15)3-2-4-14(12)17(18)19/h2-6,9-10,16H,7-8H2,1H3. The zero-order chi connectivity index (χ0) is 14.5. The fourth-order valence-electron chi connectivity index (χ4n) is 2.00. The van der Waals surface area contributed by atoms with Crippen LogP contribution in [0.3, 0.4) is 0 Å². The Bertz CT molecular complexity index is 587. The van der Waals surface area contributed by atoms with Gasteiger partial charge in [0.15, 0.2) is 0 Å². The van der Waals surface area contributed by atoms with Crippen LogP contribution in [0, 0.1) is 10.1 Å². The highest BCUT2D eigenvalue weighted by Crippen LogP contribution is 2.26. The maximum absolute atomic E-state index is 11.0. The third kappa shape index (κ3) is 3.79. The van der Waals surface area contributed by atoms with E-state index in [1.807, 2.05) is 5.38 Å². The molecule has 1 unspecified atom stereocenters. The van der Waals surface area contributed by atoms with Gasteiger partial charge in [0.05, 0.1) is 15.5 Å². The zero-order valence-corrected chi connectivity index (χ0v) is 12.6. The van der Waals surface area contributed by atoms with E-state index in [1.165, 1.54) is 11.6 Å². The predicted octanol–water partition coefficient (Wildman–Crippen LogP) is 4.03. The van der Waals surface area contributed by atoms with Gasteiger partial charge < -0.3 is 5.32 Å². The van der Waals surface area contributed by atoms with E-state index in [-0.39, 0.29) is 11.7 Å².